The maximum absolute atomic E-state index is 12.6. The van der Waals surface area contributed by atoms with Gasteiger partial charge in [0.15, 0.2) is 0 Å². The number of carbonyl (C=O) groups excluding carboxylic acids is 2. The van der Waals surface area contributed by atoms with Crippen molar-refractivity contribution < 1.29 is 18.7 Å². The van der Waals surface area contributed by atoms with Gasteiger partial charge in [0.25, 0.3) is 5.91 Å². The van der Waals surface area contributed by atoms with Crippen LogP contribution in [-0.2, 0) is 9.53 Å². The number of carbonyl (C=O) groups is 2. The van der Waals surface area contributed by atoms with Crippen LogP contribution in [0.3, 0.4) is 0 Å². The van der Waals surface area contributed by atoms with Gasteiger partial charge in [-0.3, -0.25) is 9.69 Å². The zero-order chi connectivity index (χ0) is 19.0. The first-order valence-electron chi connectivity index (χ1n) is 8.59. The standard InChI is InChI=1S/C20H17NO4S2/c1-24-19(23)14-6-4-13(5-7-14)16-9-8-15(25-16)10-17-18(22)21(20(26)27-17)11-12-2-3-12/h4-10,12H,2-3,11H2,1H3/b17-10+. The first-order chi connectivity index (χ1) is 13.0. The summed E-state index contributed by atoms with van der Waals surface area (Å²) in [5.41, 5.74) is 1.32. The molecule has 1 saturated carbocycles. The van der Waals surface area contributed by atoms with Crippen molar-refractivity contribution in [1.82, 2.24) is 4.90 Å². The predicted octanol–water partition coefficient (Wildman–Crippen LogP) is 4.34. The van der Waals surface area contributed by atoms with Gasteiger partial charge in [-0.2, -0.15) is 0 Å². The van der Waals surface area contributed by atoms with E-state index in [4.69, 9.17) is 21.4 Å². The summed E-state index contributed by atoms with van der Waals surface area (Å²) in [6.45, 7) is 0.720. The van der Waals surface area contributed by atoms with E-state index < -0.39 is 0 Å². The van der Waals surface area contributed by atoms with Crippen molar-refractivity contribution in [2.75, 3.05) is 13.7 Å². The van der Waals surface area contributed by atoms with Crippen LogP contribution in [0.15, 0.2) is 45.7 Å². The average Bonchev–Trinajstić information content (AvgIpc) is 3.33. The third-order valence-corrected chi connectivity index (χ3v) is 5.88. The van der Waals surface area contributed by atoms with Crippen LogP contribution in [0.2, 0.25) is 0 Å². The first kappa shape index (κ1) is 18.0. The number of hydrogen-bond acceptors (Lipinski definition) is 6. The third-order valence-electron chi connectivity index (χ3n) is 4.50. The Morgan fingerprint density at radius 3 is 2.70 bits per heavy atom. The minimum Gasteiger partial charge on any atom is -0.465 e. The number of amides is 1. The van der Waals surface area contributed by atoms with E-state index in [-0.39, 0.29) is 11.9 Å². The van der Waals surface area contributed by atoms with Crippen LogP contribution in [-0.4, -0.2) is 34.8 Å². The van der Waals surface area contributed by atoms with E-state index in [1.807, 2.05) is 12.1 Å². The van der Waals surface area contributed by atoms with Crippen molar-refractivity contribution in [2.24, 2.45) is 5.92 Å². The second-order valence-electron chi connectivity index (χ2n) is 6.51. The van der Waals surface area contributed by atoms with Crippen LogP contribution in [0.4, 0.5) is 0 Å². The molecular formula is C20H17NO4S2. The molecule has 0 N–H and O–H groups in total. The molecule has 0 spiro atoms. The molecule has 0 unspecified atom stereocenters. The van der Waals surface area contributed by atoms with Crippen molar-refractivity contribution >= 4 is 46.3 Å². The smallest absolute Gasteiger partial charge is 0.337 e. The van der Waals surface area contributed by atoms with Gasteiger partial charge in [0.05, 0.1) is 17.6 Å². The van der Waals surface area contributed by atoms with Crippen LogP contribution >= 0.6 is 24.0 Å². The summed E-state index contributed by atoms with van der Waals surface area (Å²) in [6.07, 6.45) is 4.08. The zero-order valence-corrected chi connectivity index (χ0v) is 16.3. The highest BCUT2D eigenvalue weighted by atomic mass is 32.2. The lowest BCUT2D eigenvalue weighted by atomic mass is 10.1. The van der Waals surface area contributed by atoms with Crippen molar-refractivity contribution in [3.8, 4) is 11.3 Å². The number of methoxy groups -OCH3 is 1. The van der Waals surface area contributed by atoms with Gasteiger partial charge in [0, 0.05) is 18.2 Å². The molecule has 0 atom stereocenters. The minimum atomic E-state index is -0.380. The molecule has 1 amide bonds. The molecule has 0 radical (unpaired) electrons. The van der Waals surface area contributed by atoms with Gasteiger partial charge in [0.2, 0.25) is 0 Å². The lowest BCUT2D eigenvalue weighted by molar-refractivity contribution is -0.122. The Hall–Kier alpha value is -2.38. The van der Waals surface area contributed by atoms with Crippen LogP contribution < -0.4 is 0 Å². The monoisotopic (exact) mass is 399 g/mol. The predicted molar refractivity (Wildman–Crippen MR) is 108 cm³/mol. The molecule has 4 rings (SSSR count). The minimum absolute atomic E-state index is 0.0442. The number of benzene rings is 1. The highest BCUT2D eigenvalue weighted by molar-refractivity contribution is 8.26. The lowest BCUT2D eigenvalue weighted by Crippen LogP contribution is -2.29. The molecule has 0 bridgehead atoms. The second-order valence-corrected chi connectivity index (χ2v) is 8.18. The fourth-order valence-electron chi connectivity index (χ4n) is 2.82. The van der Waals surface area contributed by atoms with Gasteiger partial charge in [-0.25, -0.2) is 4.79 Å². The zero-order valence-electron chi connectivity index (χ0n) is 14.6. The van der Waals surface area contributed by atoms with Crippen molar-refractivity contribution in [2.45, 2.75) is 12.8 Å². The molecule has 1 saturated heterocycles. The Kier molecular flexibility index (Phi) is 4.88. The molecule has 2 heterocycles. The van der Waals surface area contributed by atoms with E-state index in [2.05, 4.69) is 0 Å². The van der Waals surface area contributed by atoms with E-state index >= 15 is 0 Å². The maximum atomic E-state index is 12.6. The molecular weight excluding hydrogens is 382 g/mol. The van der Waals surface area contributed by atoms with Gasteiger partial charge >= 0.3 is 5.97 Å². The molecule has 27 heavy (non-hydrogen) atoms. The molecule has 1 aliphatic heterocycles. The maximum Gasteiger partial charge on any atom is 0.337 e. The van der Waals surface area contributed by atoms with E-state index in [0.717, 1.165) is 12.1 Å². The molecule has 7 heteroatoms. The highest BCUT2D eigenvalue weighted by Gasteiger charge is 2.36. The molecule has 138 valence electrons. The third kappa shape index (κ3) is 3.84. The van der Waals surface area contributed by atoms with Crippen LogP contribution in [0, 0.1) is 5.92 Å². The molecule has 2 fully saturated rings. The van der Waals surface area contributed by atoms with Crippen LogP contribution in [0.1, 0.15) is 29.0 Å². The summed E-state index contributed by atoms with van der Waals surface area (Å²) in [7, 11) is 1.35. The van der Waals surface area contributed by atoms with E-state index in [9.17, 15) is 9.59 Å². The highest BCUT2D eigenvalue weighted by Crippen LogP contribution is 2.37. The summed E-state index contributed by atoms with van der Waals surface area (Å²) in [5.74, 6) is 1.42. The van der Waals surface area contributed by atoms with Crippen molar-refractivity contribution in [3.63, 3.8) is 0 Å². The molecule has 2 aromatic rings. The second kappa shape index (κ2) is 7.32. The number of rotatable bonds is 5. The number of esters is 1. The Balaban J connectivity index is 1.51. The topological polar surface area (TPSA) is 59.8 Å². The van der Waals surface area contributed by atoms with E-state index in [1.54, 1.807) is 35.2 Å². The van der Waals surface area contributed by atoms with Gasteiger partial charge in [-0.1, -0.05) is 36.1 Å². The first-order valence-corrected chi connectivity index (χ1v) is 9.81. The number of nitrogens with zero attached hydrogens (tertiary/aromatic N) is 1. The fourth-order valence-corrected chi connectivity index (χ4v) is 4.07. The van der Waals surface area contributed by atoms with Gasteiger partial charge in [0.1, 0.15) is 15.8 Å². The average molecular weight is 399 g/mol. The summed E-state index contributed by atoms with van der Waals surface area (Å²) in [6, 6.07) is 10.6. The number of hydrogen-bond donors (Lipinski definition) is 0. The number of thiocarbonyl (C=S) groups is 1. The Labute approximate surface area is 166 Å². The summed E-state index contributed by atoms with van der Waals surface area (Å²) in [4.78, 5) is 26.3. The summed E-state index contributed by atoms with van der Waals surface area (Å²) >= 11 is 6.66. The molecule has 1 aromatic heterocycles. The largest absolute Gasteiger partial charge is 0.465 e. The Morgan fingerprint density at radius 1 is 1.30 bits per heavy atom. The normalized spacial score (nSPS) is 18.4. The summed E-state index contributed by atoms with van der Waals surface area (Å²) in [5, 5.41) is 0. The quantitative estimate of drug-likeness (QED) is 0.423. The Morgan fingerprint density at radius 2 is 2.04 bits per heavy atom. The number of furan rings is 1. The molecule has 2 aliphatic rings. The van der Waals surface area contributed by atoms with Crippen molar-refractivity contribution in [3.05, 3.63) is 52.6 Å². The van der Waals surface area contributed by atoms with Gasteiger partial charge in [-0.05, 0) is 43.0 Å². The van der Waals surface area contributed by atoms with E-state index in [0.29, 0.717) is 32.2 Å². The Bertz CT molecular complexity index is 941. The number of ether oxygens (including phenoxy) is 1. The van der Waals surface area contributed by atoms with Crippen molar-refractivity contribution in [1.29, 1.82) is 0 Å². The molecule has 5 nitrogen and oxygen atoms in total. The molecule has 1 aliphatic carbocycles. The fraction of sp³-hybridized carbons (Fsp3) is 0.250. The van der Waals surface area contributed by atoms with Gasteiger partial charge < -0.3 is 9.15 Å². The van der Waals surface area contributed by atoms with Crippen LogP contribution in [0.25, 0.3) is 17.4 Å². The van der Waals surface area contributed by atoms with Gasteiger partial charge in [-0.15, -0.1) is 0 Å². The van der Waals surface area contributed by atoms with Crippen LogP contribution in [0.5, 0.6) is 0 Å². The lowest BCUT2D eigenvalue weighted by Gasteiger charge is -2.12. The SMILES string of the molecule is COC(=O)c1ccc(-c2ccc(/C=C3/SC(=S)N(CC4CC4)C3=O)o2)cc1. The summed E-state index contributed by atoms with van der Waals surface area (Å²) < 4.78 is 11.2. The van der Waals surface area contributed by atoms with E-state index in [1.165, 1.54) is 31.7 Å². The molecule has 1 aromatic carbocycles. The number of thioether (sulfide) groups is 1.